The summed E-state index contributed by atoms with van der Waals surface area (Å²) in [7, 11) is -23.9. The molecule has 0 heterocycles. The molecule has 0 spiro atoms. The van der Waals surface area contributed by atoms with Gasteiger partial charge in [-0.25, -0.2) is 39.0 Å². The van der Waals surface area contributed by atoms with Crippen LogP contribution >= 0.6 is 21.4 Å². The molecule has 6 rings (SSSR count). The summed E-state index contributed by atoms with van der Waals surface area (Å²) in [6, 6.07) is 21.4. The number of nitro groups is 5. The first-order valence-corrected chi connectivity index (χ1v) is 41.8. The molecule has 0 saturated carbocycles. The second-order valence-electron chi connectivity index (χ2n) is 19.4. The number of benzene rings is 6. The van der Waals surface area contributed by atoms with Crippen LogP contribution in [0.4, 0.5) is 126 Å². The molecule has 626 valence electrons. The Kier molecular flexibility index (Phi) is 51.5. The maximum Gasteiger partial charge on any atom is 1.00 e. The van der Waals surface area contributed by atoms with E-state index in [0.717, 1.165) is 116 Å². The molecule has 0 fully saturated rings. The summed E-state index contributed by atoms with van der Waals surface area (Å²) in [5, 5.41) is 58.1. The molecule has 0 aromatic heterocycles. The van der Waals surface area contributed by atoms with E-state index < -0.39 is 170 Å². The average molecular weight is 1900 g/mol. The van der Waals surface area contributed by atoms with E-state index in [0.29, 0.717) is 30.0 Å². The van der Waals surface area contributed by atoms with Crippen LogP contribution in [0.3, 0.4) is 0 Å². The van der Waals surface area contributed by atoms with Crippen LogP contribution in [0.5, 0.6) is 0 Å². The number of halogens is 23. The number of nitrogens with zero attached hydrogens (tertiary/aromatic N) is 8. The van der Waals surface area contributed by atoms with Gasteiger partial charge in [0.15, 0.2) is 38.3 Å². The number of hydrogen-bond acceptors (Lipinski definition) is 23. The largest absolute Gasteiger partial charge is 1.00 e. The van der Waals surface area contributed by atoms with Crippen LogP contribution in [-0.4, -0.2) is 133 Å². The summed E-state index contributed by atoms with van der Waals surface area (Å²) in [5.41, 5.74) is -13.0. The first-order valence-electron chi connectivity index (χ1n) is 26.0. The minimum atomic E-state index is -5.37. The summed E-state index contributed by atoms with van der Waals surface area (Å²) < 4.78 is 359. The van der Waals surface area contributed by atoms with E-state index in [9.17, 15) is 181 Å². The van der Waals surface area contributed by atoms with Crippen molar-refractivity contribution in [3.05, 3.63) is 212 Å². The van der Waals surface area contributed by atoms with Gasteiger partial charge in [-0.05, 0) is 96.7 Å². The van der Waals surface area contributed by atoms with E-state index in [-0.39, 0.29) is 117 Å². The fourth-order valence-electron chi connectivity index (χ4n) is 5.08. The molecule has 6 aromatic carbocycles. The number of alkyl halides is 21. The summed E-state index contributed by atoms with van der Waals surface area (Å²) >= 11 is 0. The predicted octanol–water partition coefficient (Wildman–Crippen LogP) is 7.94. The number of aliphatic hydroxyl groups is 1. The van der Waals surface area contributed by atoms with E-state index in [4.69, 9.17) is 42.1 Å². The number of anilines is 1. The number of nitrogens with one attached hydrogen (secondary N) is 2. The number of rotatable bonds is 11. The maximum atomic E-state index is 12.3. The van der Waals surface area contributed by atoms with Crippen LogP contribution in [0, 0.1) is 60.1 Å². The van der Waals surface area contributed by atoms with E-state index in [2.05, 4.69) is 22.4 Å². The van der Waals surface area contributed by atoms with Crippen molar-refractivity contribution in [3.63, 3.8) is 0 Å². The molecule has 0 aliphatic carbocycles. The van der Waals surface area contributed by atoms with Crippen molar-refractivity contribution < 1.29 is 250 Å². The molecule has 0 radical (unpaired) electrons. The fraction of sp³-hybridized carbons (Fsp3) is 0.224. The SMILES string of the molecule is C=S(=O)(c1ccc(N)cc1)C(F)(F)F.C=S(=O)(c1ccc([N+](=O)[O-])cc1)C(F)(F)F.CO.C[Si](C)(C)C(F)(F)F.N=S(=O)(c1ccc([N+](=O)[O-])cc1)C(F)(F)F.N=S(=O)(c1ccc([N+](=O)[O-])cc1)C(F)(F)F.O=S(=O)(Cl)C(F)(F)F.O=[N+]([O-])c1ccc(S(=O)(=O)Cl)cc1.O=[N+]([O-])c1ccc(S(=O)C(F)(F)F)cc1.[H-].[N-]=[N+]=[N-].[Na+].[Na+].[Na+]. The fourth-order valence-corrected chi connectivity index (χ4v) is 9.76. The Morgan fingerprint density at radius 1 is 0.421 bits per heavy atom. The summed E-state index contributed by atoms with van der Waals surface area (Å²) in [6.07, 6.45) is 0. The number of nitrogen functional groups attached to an aromatic ring is 1. The van der Waals surface area contributed by atoms with Crippen molar-refractivity contribution in [3.8, 4) is 0 Å². The number of hydrogen-bond donors (Lipinski definition) is 4. The Labute approximate surface area is 708 Å². The van der Waals surface area contributed by atoms with Gasteiger partial charge >= 0.3 is 137 Å². The first-order chi connectivity index (χ1) is 49.4. The van der Waals surface area contributed by atoms with Crippen molar-refractivity contribution in [1.29, 1.82) is 9.56 Å². The Hall–Kier alpha value is -6.29. The third-order valence-corrected chi connectivity index (χ3v) is 22.8. The normalized spacial score (nSPS) is 13.6. The molecule has 5 unspecified atom stereocenters. The van der Waals surface area contributed by atoms with Gasteiger partial charge in [0.2, 0.25) is 0 Å². The second-order valence-corrected chi connectivity index (χ2v) is 39.8. The molecule has 0 saturated heterocycles. The molecular weight excluding hydrogens is 1850 g/mol. The molecule has 0 amide bonds. The third-order valence-electron chi connectivity index (χ3n) is 10.8. The Bertz CT molecular complexity index is 4700. The van der Waals surface area contributed by atoms with Crippen molar-refractivity contribution in [2.45, 2.75) is 87.9 Å². The minimum absolute atomic E-state index is 0. The van der Waals surface area contributed by atoms with E-state index >= 15 is 0 Å². The summed E-state index contributed by atoms with van der Waals surface area (Å²) in [6.45, 7) is 3.85. The van der Waals surface area contributed by atoms with Gasteiger partial charge in [-0.3, -0.25) is 63.9 Å². The Morgan fingerprint density at radius 2 is 0.596 bits per heavy atom. The van der Waals surface area contributed by atoms with E-state index in [1.165, 1.54) is 36.7 Å². The molecule has 0 bridgehead atoms. The predicted molar refractivity (Wildman–Crippen MR) is 361 cm³/mol. The van der Waals surface area contributed by atoms with Crippen molar-refractivity contribution in [2.75, 3.05) is 12.8 Å². The minimum Gasteiger partial charge on any atom is -1.00 e. The standard InChI is InChI=1S/C8H6F3NO3S.C8H8F3NOS.2C7H5F3N2O3S.C7H4F3NO3S.C6H4ClNO4S.C4H9F3Si.CClF3O2S.CH4O.N3.3Na.H/c1-16(15,8(9,10)11)7-4-2-6(3-5-7)12(13)14;1-14(13,8(9,10)11)7-4-2-6(12)3-5-7;2*8-7(9,10)16(11,15)6-3-1-5(2-4-6)12(13)14;8-7(9,10)15(14)6-3-1-5(2-4-6)11(12)13;7-13(11,12)6-3-1-5(2-4-6)8(9)10;1-8(2,3)4(5,6)7;2-8(6,7)1(3,4)5;1-2;1-3-2;;;;/h2-5H,1H2;2-5H,1,12H2;2*1-4,11H;1-4H;1-4H;1-3H3;;2H,1H3;;;;;/q;;;;;;;;;-1;3*+1;-1. The first kappa shape index (κ1) is 121. The third kappa shape index (κ3) is 41.2. The van der Waals surface area contributed by atoms with Gasteiger partial charge in [0.25, 0.3) is 37.5 Å². The van der Waals surface area contributed by atoms with Crippen molar-refractivity contribution >= 4 is 143 Å². The zero-order chi connectivity index (χ0) is 89.1. The number of nitrogens with two attached hydrogens (primary N) is 1. The molecule has 114 heavy (non-hydrogen) atoms. The van der Waals surface area contributed by atoms with Crippen LogP contribution < -0.4 is 94.4 Å². The van der Waals surface area contributed by atoms with Gasteiger partial charge in [0.1, 0.15) is 0 Å². The van der Waals surface area contributed by atoms with Crippen LogP contribution in [-0.2, 0) is 67.4 Å². The van der Waals surface area contributed by atoms with E-state index in [1.807, 2.05) is 0 Å². The summed E-state index contributed by atoms with van der Waals surface area (Å²) in [4.78, 5) is 45.6. The molecule has 65 heteroatoms. The Balaban J connectivity index is -0.000000189. The van der Waals surface area contributed by atoms with Gasteiger partial charge in [0.05, 0.1) is 58.3 Å². The van der Waals surface area contributed by atoms with Gasteiger partial charge in [-0.2, -0.15) is 92.2 Å². The van der Waals surface area contributed by atoms with Crippen molar-refractivity contribution in [2.24, 2.45) is 0 Å². The quantitative estimate of drug-likeness (QED) is 0.00913. The molecule has 5 N–H and O–H groups in total. The molecular formula is C49H46Cl2F21N11Na3O20S7Si+. The second kappa shape index (κ2) is 48.6. The molecule has 6 aromatic rings. The van der Waals surface area contributed by atoms with Gasteiger partial charge in [-0.1, -0.05) is 19.6 Å². The zero-order valence-corrected chi connectivity index (χ0v) is 71.4. The smallest absolute Gasteiger partial charge is 1.00 e. The topological polar surface area (TPSA) is 522 Å². The van der Waals surface area contributed by atoms with Crippen LogP contribution in [0.15, 0.2) is 175 Å². The monoisotopic (exact) mass is 1900 g/mol. The molecule has 0 aliphatic rings. The maximum absolute atomic E-state index is 12.3. The van der Waals surface area contributed by atoms with Crippen LogP contribution in [0.1, 0.15) is 1.43 Å². The molecule has 0 aliphatic heterocycles. The number of aliphatic hydroxyl groups excluding tert-OH is 1. The van der Waals surface area contributed by atoms with Crippen LogP contribution in [0.25, 0.3) is 16.0 Å². The molecule has 31 nitrogen and oxygen atoms in total. The number of nitro benzene ring substituents is 5. The summed E-state index contributed by atoms with van der Waals surface area (Å²) in [5.74, 6) is 1.40. The van der Waals surface area contributed by atoms with Crippen molar-refractivity contribution in [1.82, 2.24) is 0 Å². The van der Waals surface area contributed by atoms with Gasteiger partial charge < -0.3 is 23.3 Å². The van der Waals surface area contributed by atoms with Crippen LogP contribution in [0.2, 0.25) is 19.6 Å². The zero-order valence-electron chi connectivity index (χ0n) is 58.2. The average Bonchev–Trinajstić information content (AvgIpc) is 0.809. The number of non-ortho nitro benzene ring substituents is 5. The van der Waals surface area contributed by atoms with Gasteiger partial charge in [-0.15, -0.1) is 0 Å². The molecule has 5 atom stereocenters. The van der Waals surface area contributed by atoms with E-state index in [1.54, 1.807) is 0 Å². The van der Waals surface area contributed by atoms with Gasteiger partial charge in [0, 0.05) is 110 Å². The Morgan fingerprint density at radius 3 is 0.746 bits per heavy atom.